The number of amides is 2. The second-order valence-corrected chi connectivity index (χ2v) is 10.0. The fourth-order valence-corrected chi connectivity index (χ4v) is 5.10. The highest BCUT2D eigenvalue weighted by Crippen LogP contribution is 2.32. The summed E-state index contributed by atoms with van der Waals surface area (Å²) in [6.45, 7) is 0.542. The number of piperidine rings is 1. The summed E-state index contributed by atoms with van der Waals surface area (Å²) in [7, 11) is 1.83. The van der Waals surface area contributed by atoms with Gasteiger partial charge in [-0.15, -0.1) is 0 Å². The molecule has 1 saturated heterocycles. The van der Waals surface area contributed by atoms with Gasteiger partial charge in [-0.2, -0.15) is 5.10 Å². The highest BCUT2D eigenvalue weighted by atomic mass is 19.1. The van der Waals surface area contributed by atoms with E-state index in [1.165, 1.54) is 17.0 Å². The van der Waals surface area contributed by atoms with Gasteiger partial charge in [-0.05, 0) is 54.8 Å². The molecule has 3 aromatic heterocycles. The van der Waals surface area contributed by atoms with Crippen LogP contribution in [-0.4, -0.2) is 59.4 Å². The summed E-state index contributed by atoms with van der Waals surface area (Å²) in [6.07, 6.45) is 6.71. The lowest BCUT2D eigenvalue weighted by atomic mass is 9.96. The number of carbonyl (C=O) groups excluding carboxylic acids is 1. The van der Waals surface area contributed by atoms with Gasteiger partial charge < -0.3 is 15.3 Å². The maximum absolute atomic E-state index is 14.8. The quantitative estimate of drug-likeness (QED) is 0.311. The average Bonchev–Trinajstić information content (AvgIpc) is 3.58. The Morgan fingerprint density at radius 2 is 1.78 bits per heavy atom. The summed E-state index contributed by atoms with van der Waals surface area (Å²) in [5, 5.41) is 16.3. The Hall–Kier alpha value is -5.13. The minimum Gasteiger partial charge on any atom is -0.465 e. The van der Waals surface area contributed by atoms with Crippen molar-refractivity contribution in [3.8, 4) is 27.9 Å². The van der Waals surface area contributed by atoms with Gasteiger partial charge >= 0.3 is 6.09 Å². The summed E-state index contributed by atoms with van der Waals surface area (Å²) in [4.78, 5) is 34.8. The molecular formula is C29H25F2N7O3. The van der Waals surface area contributed by atoms with Gasteiger partial charge in [-0.25, -0.2) is 23.5 Å². The lowest BCUT2D eigenvalue weighted by Gasteiger charge is -2.29. The average molecular weight is 558 g/mol. The number of rotatable bonds is 5. The van der Waals surface area contributed by atoms with Crippen molar-refractivity contribution >= 4 is 28.9 Å². The van der Waals surface area contributed by atoms with Crippen molar-refractivity contribution in [1.29, 1.82) is 0 Å². The number of nitrogens with zero attached hydrogens (tertiary/aromatic N) is 6. The van der Waals surface area contributed by atoms with Crippen molar-refractivity contribution in [2.75, 3.05) is 18.4 Å². The van der Waals surface area contributed by atoms with Gasteiger partial charge in [-0.1, -0.05) is 0 Å². The maximum atomic E-state index is 14.8. The van der Waals surface area contributed by atoms with Crippen LogP contribution in [0.4, 0.5) is 19.3 Å². The first-order valence-corrected chi connectivity index (χ1v) is 13.0. The second-order valence-electron chi connectivity index (χ2n) is 10.0. The molecule has 5 aromatic rings. The number of halogens is 2. The van der Waals surface area contributed by atoms with E-state index in [-0.39, 0.29) is 30.5 Å². The van der Waals surface area contributed by atoms with Crippen LogP contribution in [0.25, 0.3) is 39.1 Å². The molecule has 2 amide bonds. The Balaban J connectivity index is 1.37. The zero-order chi connectivity index (χ0) is 28.7. The van der Waals surface area contributed by atoms with Gasteiger partial charge in [0.2, 0.25) is 5.91 Å². The number of hydrogen-bond acceptors (Lipinski definition) is 5. The molecule has 41 heavy (non-hydrogen) atoms. The van der Waals surface area contributed by atoms with Crippen molar-refractivity contribution in [3.05, 3.63) is 79.0 Å². The van der Waals surface area contributed by atoms with E-state index >= 15 is 0 Å². The first-order valence-electron chi connectivity index (χ1n) is 13.0. The van der Waals surface area contributed by atoms with E-state index in [1.807, 2.05) is 19.3 Å². The van der Waals surface area contributed by atoms with E-state index in [1.54, 1.807) is 46.2 Å². The third kappa shape index (κ3) is 5.23. The summed E-state index contributed by atoms with van der Waals surface area (Å²) in [6, 6.07) is 10.3. The van der Waals surface area contributed by atoms with Crippen molar-refractivity contribution in [2.24, 2.45) is 13.0 Å². The van der Waals surface area contributed by atoms with Gasteiger partial charge in [0.1, 0.15) is 23.5 Å². The largest absolute Gasteiger partial charge is 0.465 e. The van der Waals surface area contributed by atoms with Crippen LogP contribution >= 0.6 is 0 Å². The minimum absolute atomic E-state index is 0.162. The van der Waals surface area contributed by atoms with E-state index in [2.05, 4.69) is 20.4 Å². The third-order valence-electron chi connectivity index (χ3n) is 7.27. The molecule has 0 atom stereocenters. The normalized spacial score (nSPS) is 14.0. The molecule has 1 fully saturated rings. The number of benzene rings is 2. The van der Waals surface area contributed by atoms with Crippen LogP contribution in [0.5, 0.6) is 0 Å². The molecular weight excluding hydrogens is 532 g/mol. The van der Waals surface area contributed by atoms with Gasteiger partial charge in [0.05, 0.1) is 11.9 Å². The molecule has 0 saturated carbocycles. The molecule has 0 spiro atoms. The number of hydrogen-bond donors (Lipinski definition) is 2. The predicted octanol–water partition coefficient (Wildman–Crippen LogP) is 5.09. The van der Waals surface area contributed by atoms with E-state index in [9.17, 15) is 23.5 Å². The zero-order valence-electron chi connectivity index (χ0n) is 22.0. The van der Waals surface area contributed by atoms with Crippen LogP contribution in [-0.2, 0) is 11.8 Å². The van der Waals surface area contributed by atoms with Crippen LogP contribution < -0.4 is 5.32 Å². The number of fused-ring (bicyclic) bond motifs is 1. The van der Waals surface area contributed by atoms with E-state index in [0.29, 0.717) is 40.9 Å². The molecule has 0 bridgehead atoms. The van der Waals surface area contributed by atoms with Crippen molar-refractivity contribution < 1.29 is 23.5 Å². The summed E-state index contributed by atoms with van der Waals surface area (Å²) in [5.74, 6) is -2.07. The predicted molar refractivity (Wildman–Crippen MR) is 147 cm³/mol. The number of likely N-dealkylation sites (tertiary alicyclic amines) is 1. The van der Waals surface area contributed by atoms with Crippen molar-refractivity contribution in [3.63, 3.8) is 0 Å². The Morgan fingerprint density at radius 1 is 0.976 bits per heavy atom. The fraction of sp³-hybridized carbons (Fsp3) is 0.207. The number of aromatic nitrogens is 5. The summed E-state index contributed by atoms with van der Waals surface area (Å²) < 4.78 is 31.9. The number of carbonyl (C=O) groups is 2. The van der Waals surface area contributed by atoms with E-state index in [0.717, 1.165) is 17.2 Å². The maximum Gasteiger partial charge on any atom is 0.407 e. The minimum atomic E-state index is -1.00. The second kappa shape index (κ2) is 10.5. The van der Waals surface area contributed by atoms with Crippen molar-refractivity contribution in [2.45, 2.75) is 12.8 Å². The molecule has 1 aliphatic heterocycles. The van der Waals surface area contributed by atoms with Gasteiger partial charge in [0.15, 0.2) is 5.65 Å². The molecule has 1 aliphatic rings. The molecule has 0 aliphatic carbocycles. The molecule has 0 unspecified atom stereocenters. The number of aryl methyl sites for hydroxylation is 1. The third-order valence-corrected chi connectivity index (χ3v) is 7.27. The van der Waals surface area contributed by atoms with Gasteiger partial charge in [0.25, 0.3) is 0 Å². The monoisotopic (exact) mass is 557 g/mol. The Bertz CT molecular complexity index is 1790. The standard InChI is InChI=1S/C29H25F2N7O3/c1-36-15-20(14-34-36)19-10-26-27(32-13-19)38(16-33-26)23-9-18(24-3-2-21(30)11-25(24)31)8-22(12-23)35-28(39)17-4-6-37(7-5-17)29(40)41/h2-3,8-17H,4-7H2,1H3,(H,35,39)(H,40,41). The first-order chi connectivity index (χ1) is 19.7. The number of imidazole rings is 1. The molecule has 6 rings (SSSR count). The zero-order valence-corrected chi connectivity index (χ0v) is 22.0. The molecule has 2 N–H and O–H groups in total. The van der Waals surface area contributed by atoms with Crippen LogP contribution in [0.1, 0.15) is 12.8 Å². The Labute approximate surface area is 232 Å². The topological polar surface area (TPSA) is 118 Å². The van der Waals surface area contributed by atoms with Gasteiger partial charge in [-0.3, -0.25) is 14.0 Å². The summed E-state index contributed by atoms with van der Waals surface area (Å²) in [5.41, 5.74) is 4.46. The highest BCUT2D eigenvalue weighted by Gasteiger charge is 2.27. The molecule has 208 valence electrons. The van der Waals surface area contributed by atoms with Crippen LogP contribution in [0, 0.1) is 17.6 Å². The summed E-state index contributed by atoms with van der Waals surface area (Å²) >= 11 is 0. The number of pyridine rings is 1. The molecule has 0 radical (unpaired) electrons. The molecule has 10 nitrogen and oxygen atoms in total. The number of carboxylic acid groups (broad SMARTS) is 1. The highest BCUT2D eigenvalue weighted by molar-refractivity contribution is 5.94. The lowest BCUT2D eigenvalue weighted by molar-refractivity contribution is -0.121. The SMILES string of the molecule is Cn1cc(-c2cnc3c(c2)ncn3-c2cc(NC(=O)C3CCN(C(=O)O)CC3)cc(-c3ccc(F)cc3F)c2)cn1. The molecule has 2 aromatic carbocycles. The van der Waals surface area contributed by atoms with Crippen molar-refractivity contribution in [1.82, 2.24) is 29.2 Å². The van der Waals surface area contributed by atoms with Crippen LogP contribution in [0.2, 0.25) is 0 Å². The smallest absolute Gasteiger partial charge is 0.407 e. The first kappa shape index (κ1) is 26.1. The Kier molecular flexibility index (Phi) is 6.66. The van der Waals surface area contributed by atoms with Crippen LogP contribution in [0.3, 0.4) is 0 Å². The number of nitrogens with one attached hydrogen (secondary N) is 1. The fourth-order valence-electron chi connectivity index (χ4n) is 5.10. The molecule has 4 heterocycles. The van der Waals surface area contributed by atoms with Crippen LogP contribution in [0.15, 0.2) is 67.4 Å². The van der Waals surface area contributed by atoms with E-state index in [4.69, 9.17) is 0 Å². The lowest BCUT2D eigenvalue weighted by Crippen LogP contribution is -2.40. The van der Waals surface area contributed by atoms with E-state index < -0.39 is 17.7 Å². The molecule has 12 heteroatoms. The number of anilines is 1. The Morgan fingerprint density at radius 3 is 2.49 bits per heavy atom. The van der Waals surface area contributed by atoms with Gasteiger partial charge in [0, 0.05) is 66.9 Å².